The Kier molecular flexibility index (Phi) is 8.60. The highest BCUT2D eigenvalue weighted by Gasteiger charge is 2.29. The van der Waals surface area contributed by atoms with E-state index in [4.69, 9.17) is 9.47 Å². The Morgan fingerprint density at radius 2 is 1.97 bits per heavy atom. The molecule has 0 radical (unpaired) electrons. The Balaban J connectivity index is 1.25. The number of hydrogen-bond acceptors (Lipinski definition) is 7. The van der Waals surface area contributed by atoms with E-state index < -0.39 is 0 Å². The normalized spacial score (nSPS) is 17.2. The fraction of sp³-hybridized carbons (Fsp3) is 0.615. The van der Waals surface area contributed by atoms with Crippen LogP contribution in [-0.2, 0) is 25.7 Å². The highest BCUT2D eigenvalue weighted by Crippen LogP contribution is 2.30. The third-order valence-electron chi connectivity index (χ3n) is 6.71. The SMILES string of the molecule is CCCC(=O)OCCN(C(=O)CCCOc1ccc2c(c1)CN1CC(=O)NC1=N2)C1CCCCC1. The molecule has 0 atom stereocenters. The van der Waals surface area contributed by atoms with Crippen LogP contribution in [-0.4, -0.2) is 65.9 Å². The predicted molar refractivity (Wildman–Crippen MR) is 131 cm³/mol. The molecule has 3 aliphatic rings. The van der Waals surface area contributed by atoms with Crippen molar-refractivity contribution < 1.29 is 23.9 Å². The topological polar surface area (TPSA) is 101 Å². The summed E-state index contributed by atoms with van der Waals surface area (Å²) in [5.74, 6) is 1.21. The molecule has 2 amide bonds. The Bertz CT molecular complexity index is 957. The molecule has 2 heterocycles. The van der Waals surface area contributed by atoms with Crippen molar-refractivity contribution in [2.45, 2.75) is 77.3 Å². The Labute approximate surface area is 206 Å². The van der Waals surface area contributed by atoms with E-state index in [1.165, 1.54) is 6.42 Å². The summed E-state index contributed by atoms with van der Waals surface area (Å²) < 4.78 is 11.3. The van der Waals surface area contributed by atoms with Gasteiger partial charge in [0.2, 0.25) is 17.8 Å². The van der Waals surface area contributed by atoms with Crippen LogP contribution in [0, 0.1) is 0 Å². The molecular weight excluding hydrogens is 448 g/mol. The lowest BCUT2D eigenvalue weighted by Gasteiger charge is -2.34. The minimum atomic E-state index is -0.198. The van der Waals surface area contributed by atoms with Crippen LogP contribution in [0.5, 0.6) is 5.75 Å². The molecule has 2 aliphatic heterocycles. The van der Waals surface area contributed by atoms with E-state index in [2.05, 4.69) is 10.3 Å². The molecule has 1 saturated carbocycles. The number of aliphatic imine (C=N–C) groups is 1. The summed E-state index contributed by atoms with van der Waals surface area (Å²) in [5.41, 5.74) is 1.85. The minimum absolute atomic E-state index is 0.0425. The molecule has 1 N–H and O–H groups in total. The quantitative estimate of drug-likeness (QED) is 0.382. The monoisotopic (exact) mass is 484 g/mol. The van der Waals surface area contributed by atoms with E-state index in [1.807, 2.05) is 34.9 Å². The highest BCUT2D eigenvalue weighted by atomic mass is 16.5. The first-order chi connectivity index (χ1) is 17.0. The van der Waals surface area contributed by atoms with Crippen LogP contribution in [0.4, 0.5) is 5.69 Å². The van der Waals surface area contributed by atoms with Gasteiger partial charge in [-0.1, -0.05) is 26.2 Å². The molecule has 190 valence electrons. The number of nitrogens with one attached hydrogen (secondary N) is 1. The Hall–Kier alpha value is -3.10. The second-order valence-electron chi connectivity index (χ2n) is 9.43. The number of ether oxygens (including phenoxy) is 2. The first kappa shape index (κ1) is 25.0. The second kappa shape index (κ2) is 12.0. The lowest BCUT2D eigenvalue weighted by Crippen LogP contribution is -2.43. The number of guanidine groups is 1. The first-order valence-electron chi connectivity index (χ1n) is 12.9. The third-order valence-corrected chi connectivity index (χ3v) is 6.71. The van der Waals surface area contributed by atoms with E-state index in [1.54, 1.807) is 0 Å². The predicted octanol–water partition coefficient (Wildman–Crippen LogP) is 3.28. The molecule has 1 saturated heterocycles. The summed E-state index contributed by atoms with van der Waals surface area (Å²) in [7, 11) is 0. The van der Waals surface area contributed by atoms with Gasteiger partial charge in [-0.3, -0.25) is 19.7 Å². The number of amides is 2. The molecule has 1 aliphatic carbocycles. The van der Waals surface area contributed by atoms with Gasteiger partial charge in [0, 0.05) is 31.0 Å². The lowest BCUT2D eigenvalue weighted by atomic mass is 9.94. The van der Waals surface area contributed by atoms with Gasteiger partial charge in [-0.2, -0.15) is 0 Å². The number of carbonyl (C=O) groups excluding carboxylic acids is 3. The largest absolute Gasteiger partial charge is 0.494 e. The van der Waals surface area contributed by atoms with Gasteiger partial charge in [0.25, 0.3) is 0 Å². The average Bonchev–Trinajstić information content (AvgIpc) is 3.22. The maximum absolute atomic E-state index is 13.1. The van der Waals surface area contributed by atoms with Gasteiger partial charge < -0.3 is 19.3 Å². The van der Waals surface area contributed by atoms with Crippen LogP contribution in [0.1, 0.15) is 70.3 Å². The summed E-state index contributed by atoms with van der Waals surface area (Å²) in [6.45, 7) is 4.04. The number of carbonyl (C=O) groups is 3. The van der Waals surface area contributed by atoms with Gasteiger partial charge in [-0.05, 0) is 43.9 Å². The Morgan fingerprint density at radius 3 is 2.77 bits per heavy atom. The molecule has 0 unspecified atom stereocenters. The van der Waals surface area contributed by atoms with Crippen LogP contribution >= 0.6 is 0 Å². The second-order valence-corrected chi connectivity index (χ2v) is 9.43. The molecule has 1 aromatic rings. The van der Waals surface area contributed by atoms with Gasteiger partial charge in [0.1, 0.15) is 18.9 Å². The van der Waals surface area contributed by atoms with E-state index in [0.717, 1.165) is 49.1 Å². The molecule has 35 heavy (non-hydrogen) atoms. The van der Waals surface area contributed by atoms with Gasteiger partial charge in [-0.15, -0.1) is 0 Å². The fourth-order valence-electron chi connectivity index (χ4n) is 4.92. The molecule has 2 fully saturated rings. The fourth-order valence-corrected chi connectivity index (χ4v) is 4.92. The van der Waals surface area contributed by atoms with Gasteiger partial charge in [0.15, 0.2) is 0 Å². The summed E-state index contributed by atoms with van der Waals surface area (Å²) in [6, 6.07) is 5.96. The summed E-state index contributed by atoms with van der Waals surface area (Å²) in [5, 5.41) is 2.77. The van der Waals surface area contributed by atoms with Crippen molar-refractivity contribution in [2.75, 3.05) is 26.3 Å². The van der Waals surface area contributed by atoms with E-state index in [0.29, 0.717) is 51.5 Å². The molecule has 0 aromatic heterocycles. The highest BCUT2D eigenvalue weighted by molar-refractivity contribution is 6.05. The van der Waals surface area contributed by atoms with Crippen LogP contribution in [0.15, 0.2) is 23.2 Å². The summed E-state index contributed by atoms with van der Waals surface area (Å²) >= 11 is 0. The third kappa shape index (κ3) is 6.74. The summed E-state index contributed by atoms with van der Waals surface area (Å²) in [4.78, 5) is 44.7. The zero-order valence-corrected chi connectivity index (χ0v) is 20.6. The number of rotatable bonds is 11. The van der Waals surface area contributed by atoms with Crippen LogP contribution < -0.4 is 10.1 Å². The van der Waals surface area contributed by atoms with Gasteiger partial charge in [0.05, 0.1) is 18.8 Å². The zero-order valence-electron chi connectivity index (χ0n) is 20.6. The van der Waals surface area contributed by atoms with Crippen molar-refractivity contribution in [3.63, 3.8) is 0 Å². The van der Waals surface area contributed by atoms with E-state index in [9.17, 15) is 14.4 Å². The number of hydrogen-bond donors (Lipinski definition) is 1. The number of fused-ring (bicyclic) bond motifs is 2. The standard InChI is InChI=1S/C26H36N4O5/c1-2-7-25(33)35-15-13-30(20-8-4-3-5-9-20)24(32)10-6-14-34-21-11-12-22-19(16-21)17-29-18-23(31)28-26(29)27-22/h11-12,16,20H,2-10,13-15,17-18H2,1H3,(H,27,28,31). The smallest absolute Gasteiger partial charge is 0.305 e. The molecular formula is C26H36N4O5. The van der Waals surface area contributed by atoms with Crippen molar-refractivity contribution in [1.82, 2.24) is 15.1 Å². The van der Waals surface area contributed by atoms with Gasteiger partial charge >= 0.3 is 5.97 Å². The van der Waals surface area contributed by atoms with Crippen molar-refractivity contribution >= 4 is 29.4 Å². The molecule has 4 rings (SSSR count). The molecule has 9 nitrogen and oxygen atoms in total. The maximum atomic E-state index is 13.1. The van der Waals surface area contributed by atoms with Crippen LogP contribution in [0.25, 0.3) is 0 Å². The van der Waals surface area contributed by atoms with Gasteiger partial charge in [-0.25, -0.2) is 4.99 Å². The molecule has 0 bridgehead atoms. The van der Waals surface area contributed by atoms with E-state index >= 15 is 0 Å². The maximum Gasteiger partial charge on any atom is 0.305 e. The first-order valence-corrected chi connectivity index (χ1v) is 12.9. The number of esters is 1. The van der Waals surface area contributed by atoms with E-state index in [-0.39, 0.29) is 30.4 Å². The number of benzene rings is 1. The van der Waals surface area contributed by atoms with Crippen LogP contribution in [0.3, 0.4) is 0 Å². The summed E-state index contributed by atoms with van der Waals surface area (Å²) in [6.07, 6.45) is 7.72. The van der Waals surface area contributed by atoms with Crippen LogP contribution in [0.2, 0.25) is 0 Å². The lowest BCUT2D eigenvalue weighted by molar-refractivity contribution is -0.147. The minimum Gasteiger partial charge on any atom is -0.494 e. The average molecular weight is 485 g/mol. The molecule has 9 heteroatoms. The number of nitrogens with zero attached hydrogens (tertiary/aromatic N) is 3. The van der Waals surface area contributed by atoms with Crippen molar-refractivity contribution in [1.29, 1.82) is 0 Å². The Morgan fingerprint density at radius 1 is 1.14 bits per heavy atom. The van der Waals surface area contributed by atoms with Crippen molar-refractivity contribution in [3.8, 4) is 5.75 Å². The molecule has 0 spiro atoms. The zero-order chi connectivity index (χ0) is 24.6. The van der Waals surface area contributed by atoms with Crippen molar-refractivity contribution in [3.05, 3.63) is 23.8 Å². The molecule has 1 aromatic carbocycles. The van der Waals surface area contributed by atoms with Crippen molar-refractivity contribution in [2.24, 2.45) is 4.99 Å².